The molecule has 0 N–H and O–H groups in total. The van der Waals surface area contributed by atoms with Crippen LogP contribution in [0.3, 0.4) is 0 Å². The molecule has 0 spiro atoms. The zero-order valence-electron chi connectivity index (χ0n) is 27.8. The first-order valence-corrected chi connectivity index (χ1v) is 17.4. The highest BCUT2D eigenvalue weighted by Crippen LogP contribution is 2.45. The van der Waals surface area contributed by atoms with E-state index in [2.05, 4.69) is 114 Å². The standard InChI is InChI=1S/C47H28N2O3/c1-2-11-31(12-3-1)47-48-46-42(52-47)27-26-41-45(46)37-25-24-33(28-43(37)51-41)49(38-17-9-19-40-44(38)36-15-6-7-18-39(36)50-40)32-22-20-30(21-23-32)35-16-8-13-29-10-4-5-14-34(29)35/h1-28H. The Balaban J connectivity index is 1.10. The Morgan fingerprint density at radius 3 is 1.98 bits per heavy atom. The van der Waals surface area contributed by atoms with Crippen LogP contribution in [0.4, 0.5) is 17.1 Å². The van der Waals surface area contributed by atoms with Crippen molar-refractivity contribution < 1.29 is 13.3 Å². The molecule has 0 aliphatic rings. The number of hydrogen-bond donors (Lipinski definition) is 0. The number of anilines is 3. The van der Waals surface area contributed by atoms with E-state index < -0.39 is 0 Å². The number of nitrogens with zero attached hydrogens (tertiary/aromatic N) is 2. The summed E-state index contributed by atoms with van der Waals surface area (Å²) >= 11 is 0. The minimum atomic E-state index is 0.590. The maximum Gasteiger partial charge on any atom is 0.227 e. The van der Waals surface area contributed by atoms with E-state index in [1.165, 1.54) is 16.3 Å². The normalized spacial score (nSPS) is 11.8. The smallest absolute Gasteiger partial charge is 0.227 e. The van der Waals surface area contributed by atoms with Crippen molar-refractivity contribution in [2.24, 2.45) is 0 Å². The number of hydrogen-bond acceptors (Lipinski definition) is 5. The molecule has 0 amide bonds. The lowest BCUT2D eigenvalue weighted by molar-refractivity contribution is 0.619. The van der Waals surface area contributed by atoms with Crippen LogP contribution < -0.4 is 4.90 Å². The van der Waals surface area contributed by atoms with E-state index in [9.17, 15) is 0 Å². The van der Waals surface area contributed by atoms with Crippen LogP contribution in [0.15, 0.2) is 183 Å². The van der Waals surface area contributed by atoms with Crippen molar-refractivity contribution in [2.75, 3.05) is 4.90 Å². The van der Waals surface area contributed by atoms with Crippen LogP contribution in [0.2, 0.25) is 0 Å². The Hall–Kier alpha value is -7.11. The highest BCUT2D eigenvalue weighted by Gasteiger charge is 2.22. The fraction of sp³-hybridized carbons (Fsp3) is 0. The summed E-state index contributed by atoms with van der Waals surface area (Å²) in [5, 5.41) is 6.50. The van der Waals surface area contributed by atoms with Crippen LogP contribution in [-0.4, -0.2) is 4.98 Å². The van der Waals surface area contributed by atoms with Gasteiger partial charge in [0.2, 0.25) is 5.89 Å². The quantitative estimate of drug-likeness (QED) is 0.183. The first kappa shape index (κ1) is 28.7. The maximum absolute atomic E-state index is 6.57. The molecule has 11 rings (SSSR count). The van der Waals surface area contributed by atoms with Crippen LogP contribution in [0.1, 0.15) is 0 Å². The van der Waals surface area contributed by atoms with Gasteiger partial charge in [-0.15, -0.1) is 0 Å². The Morgan fingerprint density at radius 2 is 1.08 bits per heavy atom. The molecule has 3 aromatic heterocycles. The molecule has 0 bridgehead atoms. The van der Waals surface area contributed by atoms with Crippen molar-refractivity contribution in [1.29, 1.82) is 0 Å². The van der Waals surface area contributed by atoms with Gasteiger partial charge in [0.05, 0.1) is 16.5 Å². The number of para-hydroxylation sites is 1. The van der Waals surface area contributed by atoms with E-state index in [0.717, 1.165) is 83.2 Å². The van der Waals surface area contributed by atoms with Crippen LogP contribution in [0.25, 0.3) is 88.3 Å². The number of aromatic nitrogens is 1. The topological polar surface area (TPSA) is 55.6 Å². The number of furan rings is 2. The molecule has 5 nitrogen and oxygen atoms in total. The molecule has 0 atom stereocenters. The largest absolute Gasteiger partial charge is 0.456 e. The van der Waals surface area contributed by atoms with Gasteiger partial charge in [-0.25, -0.2) is 4.98 Å². The molecule has 0 aliphatic carbocycles. The lowest BCUT2D eigenvalue weighted by atomic mass is 9.98. The van der Waals surface area contributed by atoms with Crippen LogP contribution >= 0.6 is 0 Å². The molecule has 0 saturated heterocycles. The predicted molar refractivity (Wildman–Crippen MR) is 212 cm³/mol. The highest BCUT2D eigenvalue weighted by atomic mass is 16.4. The van der Waals surface area contributed by atoms with Crippen molar-refractivity contribution in [1.82, 2.24) is 4.98 Å². The molecule has 0 unspecified atom stereocenters. The van der Waals surface area contributed by atoms with Crippen molar-refractivity contribution in [3.8, 4) is 22.6 Å². The van der Waals surface area contributed by atoms with Crippen LogP contribution in [0.5, 0.6) is 0 Å². The van der Waals surface area contributed by atoms with Gasteiger partial charge in [-0.1, -0.05) is 97.1 Å². The summed E-state index contributed by atoms with van der Waals surface area (Å²) in [6.07, 6.45) is 0. The van der Waals surface area contributed by atoms with E-state index in [1.807, 2.05) is 60.7 Å². The molecule has 0 saturated carbocycles. The monoisotopic (exact) mass is 668 g/mol. The van der Waals surface area contributed by atoms with E-state index in [0.29, 0.717) is 5.89 Å². The van der Waals surface area contributed by atoms with Crippen molar-refractivity contribution in [3.63, 3.8) is 0 Å². The number of rotatable bonds is 5. The molecule has 244 valence electrons. The molecule has 52 heavy (non-hydrogen) atoms. The van der Waals surface area contributed by atoms with Gasteiger partial charge in [-0.3, -0.25) is 0 Å². The Bertz CT molecular complexity index is 3130. The average Bonchev–Trinajstić information content (AvgIpc) is 3.92. The maximum atomic E-state index is 6.57. The zero-order valence-corrected chi connectivity index (χ0v) is 27.8. The molecule has 11 aromatic rings. The third-order valence-corrected chi connectivity index (χ3v) is 10.1. The first-order valence-electron chi connectivity index (χ1n) is 17.4. The molecule has 0 fully saturated rings. The Kier molecular flexibility index (Phi) is 6.18. The first-order chi connectivity index (χ1) is 25.8. The summed E-state index contributed by atoms with van der Waals surface area (Å²) in [4.78, 5) is 7.24. The third-order valence-electron chi connectivity index (χ3n) is 10.1. The van der Waals surface area contributed by atoms with E-state index in [4.69, 9.17) is 18.2 Å². The fourth-order valence-electron chi connectivity index (χ4n) is 7.72. The van der Waals surface area contributed by atoms with Crippen molar-refractivity contribution in [2.45, 2.75) is 0 Å². The van der Waals surface area contributed by atoms with Gasteiger partial charge >= 0.3 is 0 Å². The highest BCUT2D eigenvalue weighted by molar-refractivity contribution is 6.18. The summed E-state index contributed by atoms with van der Waals surface area (Å²) in [5.74, 6) is 0.590. The summed E-state index contributed by atoms with van der Waals surface area (Å²) in [7, 11) is 0. The molecule has 0 radical (unpaired) electrons. The molecular weight excluding hydrogens is 641 g/mol. The number of fused-ring (bicyclic) bond motifs is 9. The predicted octanol–water partition coefficient (Wildman–Crippen LogP) is 13.6. The van der Waals surface area contributed by atoms with Gasteiger partial charge in [-0.2, -0.15) is 0 Å². The van der Waals surface area contributed by atoms with Gasteiger partial charge in [0, 0.05) is 33.8 Å². The second-order valence-electron chi connectivity index (χ2n) is 13.1. The second kappa shape index (κ2) is 11.2. The minimum absolute atomic E-state index is 0.590. The number of benzene rings is 8. The average molecular weight is 669 g/mol. The fourth-order valence-corrected chi connectivity index (χ4v) is 7.72. The number of oxazole rings is 1. The van der Waals surface area contributed by atoms with E-state index in [-0.39, 0.29) is 0 Å². The SMILES string of the molecule is c1ccc(-c2nc3c(ccc4oc5cc(N(c6ccc(-c7cccc8ccccc78)cc6)c6cccc7oc8ccccc8c67)ccc5c43)o2)cc1. The second-order valence-corrected chi connectivity index (χ2v) is 13.1. The van der Waals surface area contributed by atoms with Crippen molar-refractivity contribution >= 4 is 82.8 Å². The van der Waals surface area contributed by atoms with Gasteiger partial charge in [-0.05, 0) is 88.6 Å². The molecule has 5 heteroatoms. The Labute approximate surface area is 297 Å². The minimum Gasteiger partial charge on any atom is -0.456 e. The molecule has 8 aromatic carbocycles. The van der Waals surface area contributed by atoms with Gasteiger partial charge in [0.1, 0.15) is 27.8 Å². The van der Waals surface area contributed by atoms with Crippen LogP contribution in [0, 0.1) is 0 Å². The Morgan fingerprint density at radius 1 is 0.404 bits per heavy atom. The molecule has 3 heterocycles. The van der Waals surface area contributed by atoms with Gasteiger partial charge in [0.15, 0.2) is 5.58 Å². The lowest BCUT2D eigenvalue weighted by Gasteiger charge is -2.26. The van der Waals surface area contributed by atoms with Gasteiger partial charge < -0.3 is 18.2 Å². The van der Waals surface area contributed by atoms with Crippen molar-refractivity contribution in [3.05, 3.63) is 170 Å². The van der Waals surface area contributed by atoms with Crippen LogP contribution in [-0.2, 0) is 0 Å². The zero-order chi connectivity index (χ0) is 34.2. The molecule has 0 aliphatic heterocycles. The van der Waals surface area contributed by atoms with E-state index in [1.54, 1.807) is 0 Å². The lowest BCUT2D eigenvalue weighted by Crippen LogP contribution is -2.10. The summed E-state index contributed by atoms with van der Waals surface area (Å²) in [6.45, 7) is 0. The van der Waals surface area contributed by atoms with E-state index >= 15 is 0 Å². The summed E-state index contributed by atoms with van der Waals surface area (Å²) in [6, 6.07) is 58.6. The summed E-state index contributed by atoms with van der Waals surface area (Å²) < 4.78 is 19.2. The molecular formula is C47H28N2O3. The van der Waals surface area contributed by atoms with Gasteiger partial charge in [0.25, 0.3) is 0 Å². The summed E-state index contributed by atoms with van der Waals surface area (Å²) in [5.41, 5.74) is 11.0. The third kappa shape index (κ3) is 4.39.